The Kier molecular flexibility index (Phi) is 7.67. The van der Waals surface area contributed by atoms with E-state index in [1.807, 2.05) is 45.4 Å². The van der Waals surface area contributed by atoms with Gasteiger partial charge < -0.3 is 24.3 Å². The molecule has 2 aliphatic heterocycles. The lowest BCUT2D eigenvalue weighted by Crippen LogP contribution is -2.32. The number of aromatic nitrogens is 2. The number of aliphatic carboxylic acids is 1. The molecule has 1 aromatic carbocycles. The number of nitrogens with zero attached hydrogens (tertiary/aromatic N) is 3. The Balaban J connectivity index is 1.80. The Labute approximate surface area is 234 Å². The van der Waals surface area contributed by atoms with Crippen molar-refractivity contribution >= 4 is 17.0 Å². The molecule has 2 N–H and O–H groups in total. The van der Waals surface area contributed by atoms with Gasteiger partial charge in [-0.05, 0) is 90.1 Å². The maximum Gasteiger partial charge on any atom is 0.337 e. The number of carboxylic acid groups (broad SMARTS) is 1. The number of hydrogen-bond donors (Lipinski definition) is 2. The van der Waals surface area contributed by atoms with Crippen LogP contribution in [0.3, 0.4) is 0 Å². The number of aliphatic hydroxyl groups excluding tert-OH is 1. The lowest BCUT2D eigenvalue weighted by Gasteiger charge is -2.29. The number of likely N-dealkylation sites (tertiary alicyclic amines) is 1. The van der Waals surface area contributed by atoms with E-state index >= 15 is 4.39 Å². The molecule has 0 bridgehead atoms. The van der Waals surface area contributed by atoms with Crippen molar-refractivity contribution in [3.05, 3.63) is 46.0 Å². The molecule has 2 aromatic heterocycles. The fourth-order valence-corrected chi connectivity index (χ4v) is 6.29. The Bertz CT molecular complexity index is 1460. The third-order valence-electron chi connectivity index (χ3n) is 8.24. The lowest BCUT2D eigenvalue weighted by molar-refractivity contribution is -0.160. The summed E-state index contributed by atoms with van der Waals surface area (Å²) in [5.74, 6) is -1.29. The molecule has 0 radical (unpaired) electrons. The largest absolute Gasteiger partial charge is 0.490 e. The number of pyridine rings is 1. The normalized spacial score (nSPS) is 18.6. The second kappa shape index (κ2) is 10.8. The molecule has 0 amide bonds. The zero-order valence-electron chi connectivity index (χ0n) is 24.3. The van der Waals surface area contributed by atoms with Gasteiger partial charge in [-0.3, -0.25) is 4.90 Å². The summed E-state index contributed by atoms with van der Waals surface area (Å²) in [5.41, 5.74) is 4.84. The molecule has 5 rings (SSSR count). The van der Waals surface area contributed by atoms with Gasteiger partial charge in [-0.25, -0.2) is 14.2 Å². The van der Waals surface area contributed by atoms with Crippen molar-refractivity contribution in [2.24, 2.45) is 7.05 Å². The number of ether oxygens (including phenoxy) is 2. The molecule has 2 aliphatic rings. The number of halogens is 1. The van der Waals surface area contributed by atoms with Gasteiger partial charge in [0.15, 0.2) is 17.7 Å². The summed E-state index contributed by atoms with van der Waals surface area (Å²) in [4.78, 5) is 19.9. The Morgan fingerprint density at radius 1 is 1.27 bits per heavy atom. The summed E-state index contributed by atoms with van der Waals surface area (Å²) in [6.07, 6.45) is 2.15. The summed E-state index contributed by atoms with van der Waals surface area (Å²) in [7, 11) is 1.95. The van der Waals surface area contributed by atoms with Crippen molar-refractivity contribution < 1.29 is 28.9 Å². The molecule has 1 fully saturated rings. The standard InChI is InChI=1S/C31H40FN3O5/c1-17-21-10-8-12-39-27(21)24(32)14-22(17)26-23-13-20(15-35-11-7-9-19(35)16-36)34(6)29(23)33-18(2)25(26)28(30(37)38)40-31(3,4)5/h13-14,19,28,36H,7-12,15-16H2,1-6H3,(H,37,38)/t19-,28+/m1/s1. The van der Waals surface area contributed by atoms with Crippen LogP contribution in [-0.4, -0.2) is 62.0 Å². The zero-order chi connectivity index (χ0) is 28.9. The average Bonchev–Trinajstić information content (AvgIpc) is 3.47. The van der Waals surface area contributed by atoms with E-state index < -0.39 is 23.5 Å². The highest BCUT2D eigenvalue weighted by atomic mass is 19.1. The van der Waals surface area contributed by atoms with Crippen LogP contribution in [0.4, 0.5) is 4.39 Å². The molecule has 8 nitrogen and oxygen atoms in total. The van der Waals surface area contributed by atoms with Crippen LogP contribution in [0.5, 0.6) is 5.75 Å². The van der Waals surface area contributed by atoms with Gasteiger partial charge in [0.25, 0.3) is 0 Å². The first kappa shape index (κ1) is 28.5. The first-order valence-corrected chi connectivity index (χ1v) is 14.1. The smallest absolute Gasteiger partial charge is 0.337 e. The number of carboxylic acids is 1. The summed E-state index contributed by atoms with van der Waals surface area (Å²) >= 11 is 0. The Morgan fingerprint density at radius 3 is 2.70 bits per heavy atom. The monoisotopic (exact) mass is 553 g/mol. The molecule has 0 saturated carbocycles. The highest BCUT2D eigenvalue weighted by Gasteiger charge is 2.35. The summed E-state index contributed by atoms with van der Waals surface area (Å²) in [5, 5.41) is 21.0. The quantitative estimate of drug-likeness (QED) is 0.414. The van der Waals surface area contributed by atoms with Gasteiger partial charge in [0.2, 0.25) is 0 Å². The molecule has 2 atom stereocenters. The van der Waals surface area contributed by atoms with Crippen LogP contribution in [0.1, 0.15) is 74.2 Å². The second-order valence-electron chi connectivity index (χ2n) is 12.1. The number of hydrogen-bond acceptors (Lipinski definition) is 6. The third kappa shape index (κ3) is 5.10. The third-order valence-corrected chi connectivity index (χ3v) is 8.24. The minimum atomic E-state index is -1.30. The molecule has 0 unspecified atom stereocenters. The molecular weight excluding hydrogens is 513 g/mol. The first-order valence-electron chi connectivity index (χ1n) is 14.1. The Hall–Kier alpha value is -3.01. The van der Waals surface area contributed by atoms with E-state index in [-0.39, 0.29) is 18.4 Å². The number of aliphatic hydroxyl groups is 1. The van der Waals surface area contributed by atoms with Gasteiger partial charge in [0.05, 0.1) is 18.8 Å². The molecule has 216 valence electrons. The number of aryl methyl sites for hydroxylation is 2. The average molecular weight is 554 g/mol. The van der Waals surface area contributed by atoms with E-state index in [1.165, 1.54) is 6.07 Å². The lowest BCUT2D eigenvalue weighted by atomic mass is 9.86. The molecule has 9 heteroatoms. The highest BCUT2D eigenvalue weighted by Crippen LogP contribution is 2.45. The SMILES string of the molecule is Cc1nc2c(cc(CN3CCC[C@@H]3CO)n2C)c(-c2cc(F)c3c(c2C)CCCO3)c1[C@H](OC(C)(C)C)C(=O)O. The van der Waals surface area contributed by atoms with Crippen LogP contribution < -0.4 is 4.74 Å². The van der Waals surface area contributed by atoms with Crippen molar-refractivity contribution in [1.29, 1.82) is 0 Å². The van der Waals surface area contributed by atoms with E-state index in [0.29, 0.717) is 47.6 Å². The van der Waals surface area contributed by atoms with Crippen LogP contribution in [-0.2, 0) is 29.5 Å². The predicted octanol–water partition coefficient (Wildman–Crippen LogP) is 5.22. The minimum Gasteiger partial charge on any atom is -0.490 e. The van der Waals surface area contributed by atoms with Crippen LogP contribution in [0, 0.1) is 19.7 Å². The summed E-state index contributed by atoms with van der Waals surface area (Å²) in [6.45, 7) is 11.3. The highest BCUT2D eigenvalue weighted by molar-refractivity contribution is 5.99. The predicted molar refractivity (Wildman–Crippen MR) is 151 cm³/mol. The van der Waals surface area contributed by atoms with Crippen molar-refractivity contribution in [3.8, 4) is 16.9 Å². The van der Waals surface area contributed by atoms with Crippen LogP contribution >= 0.6 is 0 Å². The van der Waals surface area contributed by atoms with Crippen molar-refractivity contribution in [2.45, 2.75) is 84.6 Å². The van der Waals surface area contributed by atoms with Gasteiger partial charge in [-0.15, -0.1) is 0 Å². The fraction of sp³-hybridized carbons (Fsp3) is 0.548. The number of fused-ring (bicyclic) bond motifs is 2. The molecule has 3 aromatic rings. The van der Waals surface area contributed by atoms with Gasteiger partial charge in [-0.1, -0.05) is 0 Å². The second-order valence-corrected chi connectivity index (χ2v) is 12.1. The van der Waals surface area contributed by atoms with Gasteiger partial charge >= 0.3 is 5.97 Å². The summed E-state index contributed by atoms with van der Waals surface area (Å²) in [6, 6.07) is 3.62. The number of carbonyl (C=O) groups is 1. The van der Waals surface area contributed by atoms with Gasteiger partial charge in [-0.2, -0.15) is 0 Å². The number of rotatable bonds is 7. The maximum atomic E-state index is 15.6. The zero-order valence-corrected chi connectivity index (χ0v) is 24.3. The van der Waals surface area contributed by atoms with Crippen molar-refractivity contribution in [3.63, 3.8) is 0 Å². The molecular formula is C31H40FN3O5. The van der Waals surface area contributed by atoms with Crippen LogP contribution in [0.2, 0.25) is 0 Å². The van der Waals surface area contributed by atoms with Crippen molar-refractivity contribution in [2.75, 3.05) is 19.8 Å². The van der Waals surface area contributed by atoms with Crippen LogP contribution in [0.25, 0.3) is 22.2 Å². The Morgan fingerprint density at radius 2 is 2.02 bits per heavy atom. The van der Waals surface area contributed by atoms with Gasteiger partial charge in [0, 0.05) is 53.1 Å². The van der Waals surface area contributed by atoms with E-state index in [2.05, 4.69) is 4.90 Å². The van der Waals surface area contributed by atoms with E-state index in [9.17, 15) is 15.0 Å². The van der Waals surface area contributed by atoms with E-state index in [4.69, 9.17) is 14.5 Å². The fourth-order valence-electron chi connectivity index (χ4n) is 6.29. The van der Waals surface area contributed by atoms with Gasteiger partial charge in [0.1, 0.15) is 5.65 Å². The summed E-state index contributed by atoms with van der Waals surface area (Å²) < 4.78 is 29.4. The first-order chi connectivity index (χ1) is 18.9. The topological polar surface area (TPSA) is 97.0 Å². The molecule has 40 heavy (non-hydrogen) atoms. The molecule has 1 saturated heterocycles. The van der Waals surface area contributed by atoms with Crippen LogP contribution in [0.15, 0.2) is 12.1 Å². The van der Waals surface area contributed by atoms with Crippen molar-refractivity contribution in [1.82, 2.24) is 14.5 Å². The molecule has 0 aliphatic carbocycles. The maximum absolute atomic E-state index is 15.6. The number of benzene rings is 1. The van der Waals surface area contributed by atoms with E-state index in [1.54, 1.807) is 6.92 Å². The molecule has 0 spiro atoms. The molecule has 4 heterocycles. The minimum absolute atomic E-state index is 0.108. The van der Waals surface area contributed by atoms with E-state index in [0.717, 1.165) is 48.0 Å².